The van der Waals surface area contributed by atoms with Crippen LogP contribution in [0, 0.1) is 0 Å². The molecule has 0 aromatic heterocycles. The Morgan fingerprint density at radius 3 is 2.94 bits per heavy atom. The number of carbonyl (C=O) groups is 1. The summed E-state index contributed by atoms with van der Waals surface area (Å²) in [5.41, 5.74) is 7.93. The second-order valence-electron chi connectivity index (χ2n) is 5.41. The zero-order chi connectivity index (χ0) is 13.3. The average molecular weight is 249 g/mol. The van der Waals surface area contributed by atoms with Crippen LogP contribution in [0.25, 0.3) is 0 Å². The van der Waals surface area contributed by atoms with Gasteiger partial charge in [-0.3, -0.25) is 4.79 Å². The molecule has 0 radical (unpaired) electrons. The first-order valence-corrected chi connectivity index (χ1v) is 6.17. The maximum atomic E-state index is 10.6. The third kappa shape index (κ3) is 2.64. The molecule has 1 aliphatic heterocycles. The Bertz CT molecular complexity index is 468. The standard InChI is InChI=1S/C14H19NO3/c1-14(2)8-9-4-3-5-10(13(9)18-14)11(15)6-7-12(16)17/h3-5,11H,6-8,15H2,1-2H3,(H,16,17). The first kappa shape index (κ1) is 12.9. The molecule has 4 heteroatoms. The highest BCUT2D eigenvalue weighted by atomic mass is 16.5. The quantitative estimate of drug-likeness (QED) is 0.858. The molecule has 1 heterocycles. The number of ether oxygens (including phenoxy) is 1. The molecule has 0 saturated carbocycles. The monoisotopic (exact) mass is 249 g/mol. The van der Waals surface area contributed by atoms with Crippen molar-refractivity contribution in [2.45, 2.75) is 44.8 Å². The number of aliphatic carboxylic acids is 1. The summed E-state index contributed by atoms with van der Waals surface area (Å²) >= 11 is 0. The van der Waals surface area contributed by atoms with E-state index in [9.17, 15) is 4.79 Å². The van der Waals surface area contributed by atoms with Crippen molar-refractivity contribution in [3.63, 3.8) is 0 Å². The van der Waals surface area contributed by atoms with E-state index in [4.69, 9.17) is 15.6 Å². The average Bonchev–Trinajstić information content (AvgIpc) is 2.59. The van der Waals surface area contributed by atoms with E-state index >= 15 is 0 Å². The van der Waals surface area contributed by atoms with Crippen LogP contribution in [-0.4, -0.2) is 16.7 Å². The first-order chi connectivity index (χ1) is 8.39. The first-order valence-electron chi connectivity index (χ1n) is 6.17. The molecule has 0 fully saturated rings. The zero-order valence-corrected chi connectivity index (χ0v) is 10.8. The normalized spacial score (nSPS) is 17.9. The van der Waals surface area contributed by atoms with Gasteiger partial charge in [0.05, 0.1) is 0 Å². The predicted molar refractivity (Wildman–Crippen MR) is 68.7 cm³/mol. The van der Waals surface area contributed by atoms with Crippen molar-refractivity contribution in [3.05, 3.63) is 29.3 Å². The van der Waals surface area contributed by atoms with Crippen LogP contribution >= 0.6 is 0 Å². The lowest BCUT2D eigenvalue weighted by Gasteiger charge is -2.20. The summed E-state index contributed by atoms with van der Waals surface area (Å²) in [4.78, 5) is 10.6. The maximum absolute atomic E-state index is 10.6. The molecule has 0 bridgehead atoms. The van der Waals surface area contributed by atoms with Gasteiger partial charge in [0.25, 0.3) is 0 Å². The van der Waals surface area contributed by atoms with Crippen molar-refractivity contribution in [1.82, 2.24) is 0 Å². The van der Waals surface area contributed by atoms with E-state index in [1.807, 2.05) is 32.0 Å². The van der Waals surface area contributed by atoms with Gasteiger partial charge in [0.2, 0.25) is 0 Å². The second-order valence-corrected chi connectivity index (χ2v) is 5.41. The van der Waals surface area contributed by atoms with Gasteiger partial charge in [-0.25, -0.2) is 0 Å². The summed E-state index contributed by atoms with van der Waals surface area (Å²) in [6.45, 7) is 4.08. The molecular formula is C14H19NO3. The lowest BCUT2D eigenvalue weighted by atomic mass is 9.97. The predicted octanol–water partition coefficient (Wildman–Crippen LogP) is 2.26. The van der Waals surface area contributed by atoms with Crippen molar-refractivity contribution in [1.29, 1.82) is 0 Å². The van der Waals surface area contributed by atoms with Gasteiger partial charge < -0.3 is 15.6 Å². The van der Waals surface area contributed by atoms with Crippen molar-refractivity contribution in [2.24, 2.45) is 5.73 Å². The van der Waals surface area contributed by atoms with E-state index in [-0.39, 0.29) is 18.1 Å². The molecule has 2 rings (SSSR count). The summed E-state index contributed by atoms with van der Waals surface area (Å²) in [5, 5.41) is 8.70. The number of nitrogens with two attached hydrogens (primary N) is 1. The van der Waals surface area contributed by atoms with E-state index in [1.54, 1.807) is 0 Å². The van der Waals surface area contributed by atoms with Crippen LogP contribution in [0.15, 0.2) is 18.2 Å². The number of para-hydroxylation sites is 1. The number of hydrogen-bond donors (Lipinski definition) is 2. The van der Waals surface area contributed by atoms with Crippen LogP contribution < -0.4 is 10.5 Å². The zero-order valence-electron chi connectivity index (χ0n) is 10.8. The molecule has 0 spiro atoms. The highest BCUT2D eigenvalue weighted by molar-refractivity contribution is 5.66. The Kier molecular flexibility index (Phi) is 3.30. The Morgan fingerprint density at radius 1 is 1.56 bits per heavy atom. The smallest absolute Gasteiger partial charge is 0.303 e. The minimum Gasteiger partial charge on any atom is -0.487 e. The van der Waals surface area contributed by atoms with Gasteiger partial charge >= 0.3 is 5.97 Å². The summed E-state index contributed by atoms with van der Waals surface area (Å²) < 4.78 is 5.93. The van der Waals surface area contributed by atoms with Crippen molar-refractivity contribution in [2.75, 3.05) is 0 Å². The van der Waals surface area contributed by atoms with Gasteiger partial charge in [0, 0.05) is 24.4 Å². The van der Waals surface area contributed by atoms with E-state index in [0.29, 0.717) is 6.42 Å². The topological polar surface area (TPSA) is 72.6 Å². The molecule has 0 aliphatic carbocycles. The van der Waals surface area contributed by atoms with Crippen LogP contribution in [0.4, 0.5) is 0 Å². The Hall–Kier alpha value is -1.55. The van der Waals surface area contributed by atoms with E-state index in [0.717, 1.165) is 23.3 Å². The molecule has 1 atom stereocenters. The summed E-state index contributed by atoms with van der Waals surface area (Å²) in [6, 6.07) is 5.63. The molecule has 18 heavy (non-hydrogen) atoms. The van der Waals surface area contributed by atoms with Gasteiger partial charge in [-0.1, -0.05) is 18.2 Å². The van der Waals surface area contributed by atoms with Crippen LogP contribution in [0.5, 0.6) is 5.75 Å². The van der Waals surface area contributed by atoms with Crippen molar-refractivity contribution < 1.29 is 14.6 Å². The minimum atomic E-state index is -0.820. The summed E-state index contributed by atoms with van der Waals surface area (Å²) in [5.74, 6) is 0.0275. The number of benzene rings is 1. The lowest BCUT2D eigenvalue weighted by molar-refractivity contribution is -0.137. The molecular weight excluding hydrogens is 230 g/mol. The van der Waals surface area contributed by atoms with E-state index in [2.05, 4.69) is 0 Å². The summed E-state index contributed by atoms with van der Waals surface area (Å²) in [6.07, 6.45) is 1.37. The molecule has 3 N–H and O–H groups in total. The SMILES string of the molecule is CC1(C)Cc2cccc(C(N)CCC(=O)O)c2O1. The molecule has 0 amide bonds. The fourth-order valence-corrected chi connectivity index (χ4v) is 2.37. The fraction of sp³-hybridized carbons (Fsp3) is 0.500. The highest BCUT2D eigenvalue weighted by Gasteiger charge is 2.32. The Balaban J connectivity index is 2.21. The van der Waals surface area contributed by atoms with Gasteiger partial charge in [-0.15, -0.1) is 0 Å². The molecule has 4 nitrogen and oxygen atoms in total. The second kappa shape index (κ2) is 4.61. The van der Waals surface area contributed by atoms with Crippen molar-refractivity contribution >= 4 is 5.97 Å². The maximum Gasteiger partial charge on any atom is 0.303 e. The van der Waals surface area contributed by atoms with E-state index in [1.165, 1.54) is 0 Å². The van der Waals surface area contributed by atoms with Gasteiger partial charge in [0.1, 0.15) is 11.4 Å². The Labute approximate surface area is 107 Å². The number of fused-ring (bicyclic) bond motifs is 1. The molecule has 1 aliphatic rings. The molecule has 1 aromatic carbocycles. The Morgan fingerprint density at radius 2 is 2.28 bits per heavy atom. The van der Waals surface area contributed by atoms with Crippen molar-refractivity contribution in [3.8, 4) is 5.75 Å². The van der Waals surface area contributed by atoms with Crippen LogP contribution in [0.1, 0.15) is 43.9 Å². The highest BCUT2D eigenvalue weighted by Crippen LogP contribution is 2.40. The minimum absolute atomic E-state index is 0.0776. The third-order valence-corrected chi connectivity index (χ3v) is 3.19. The van der Waals surface area contributed by atoms with Gasteiger partial charge in [0.15, 0.2) is 0 Å². The van der Waals surface area contributed by atoms with Gasteiger partial charge in [-0.05, 0) is 25.8 Å². The lowest BCUT2D eigenvalue weighted by Crippen LogP contribution is -2.25. The number of rotatable bonds is 4. The molecule has 98 valence electrons. The number of hydrogen-bond acceptors (Lipinski definition) is 3. The third-order valence-electron chi connectivity index (χ3n) is 3.19. The fourth-order valence-electron chi connectivity index (χ4n) is 2.37. The molecule has 1 aromatic rings. The number of carboxylic acid groups (broad SMARTS) is 1. The van der Waals surface area contributed by atoms with Gasteiger partial charge in [-0.2, -0.15) is 0 Å². The largest absolute Gasteiger partial charge is 0.487 e. The molecule has 1 unspecified atom stereocenters. The van der Waals surface area contributed by atoms with Crippen LogP contribution in [-0.2, 0) is 11.2 Å². The van der Waals surface area contributed by atoms with E-state index < -0.39 is 5.97 Å². The van der Waals surface area contributed by atoms with Crippen LogP contribution in [0.3, 0.4) is 0 Å². The number of carboxylic acids is 1. The van der Waals surface area contributed by atoms with Crippen LogP contribution in [0.2, 0.25) is 0 Å². The molecule has 0 saturated heterocycles. The summed E-state index contributed by atoms with van der Waals surface area (Å²) in [7, 11) is 0.